The number of hydrogen-bond acceptors (Lipinski definition) is 4. The largest absolute Gasteiger partial charge is 0.481 e. The maximum Gasteiger partial charge on any atom is 0.313 e. The number of rotatable bonds is 4. The van der Waals surface area contributed by atoms with Crippen molar-refractivity contribution >= 4 is 34.4 Å². The van der Waals surface area contributed by atoms with E-state index in [0.29, 0.717) is 40.9 Å². The van der Waals surface area contributed by atoms with Gasteiger partial charge in [-0.2, -0.15) is 0 Å². The number of piperidine rings is 1. The molecule has 1 aromatic heterocycles. The maximum absolute atomic E-state index is 13.0. The molecule has 1 N–H and O–H groups in total. The summed E-state index contributed by atoms with van der Waals surface area (Å²) in [6, 6.07) is 6.89. The average molecular weight is 363 g/mol. The highest BCUT2D eigenvalue weighted by Gasteiger charge is 2.44. The minimum Gasteiger partial charge on any atom is -0.481 e. The van der Waals surface area contributed by atoms with Gasteiger partial charge < -0.3 is 14.7 Å². The molecule has 0 aliphatic carbocycles. The van der Waals surface area contributed by atoms with Gasteiger partial charge >= 0.3 is 5.97 Å². The zero-order valence-corrected chi connectivity index (χ0v) is 14.6. The van der Waals surface area contributed by atoms with Crippen LogP contribution < -0.4 is 0 Å². The molecular formula is C18H19ClN2O4. The van der Waals surface area contributed by atoms with Crippen LogP contribution in [0.4, 0.5) is 0 Å². The zero-order valence-electron chi connectivity index (χ0n) is 13.9. The second-order valence-corrected chi connectivity index (χ2v) is 6.75. The minimum absolute atomic E-state index is 0.0751. The lowest BCUT2D eigenvalue weighted by atomic mass is 9.80. The fourth-order valence-electron chi connectivity index (χ4n) is 3.42. The molecule has 3 rings (SSSR count). The first-order valence-corrected chi connectivity index (χ1v) is 8.41. The first-order chi connectivity index (χ1) is 12.0. The second-order valence-electron chi connectivity index (χ2n) is 6.34. The number of halogens is 1. The van der Waals surface area contributed by atoms with Crippen LogP contribution in [-0.2, 0) is 9.53 Å². The van der Waals surface area contributed by atoms with Gasteiger partial charge in [-0.25, -0.2) is 0 Å². The second kappa shape index (κ2) is 6.98. The summed E-state index contributed by atoms with van der Waals surface area (Å²) >= 11 is 6.19. The number of carbonyl (C=O) groups is 2. The Morgan fingerprint density at radius 2 is 2.20 bits per heavy atom. The smallest absolute Gasteiger partial charge is 0.313 e. The molecule has 0 saturated carbocycles. The van der Waals surface area contributed by atoms with Crippen molar-refractivity contribution in [1.82, 2.24) is 9.88 Å². The van der Waals surface area contributed by atoms with Gasteiger partial charge in [-0.1, -0.05) is 11.6 Å². The number of amides is 1. The molecule has 1 amide bonds. The fraction of sp³-hybridized carbons (Fsp3) is 0.389. The number of benzene rings is 1. The van der Waals surface area contributed by atoms with Crippen molar-refractivity contribution in [2.24, 2.45) is 5.41 Å². The fourth-order valence-corrected chi connectivity index (χ4v) is 3.63. The summed E-state index contributed by atoms with van der Waals surface area (Å²) in [4.78, 5) is 30.7. The van der Waals surface area contributed by atoms with E-state index in [1.807, 2.05) is 6.07 Å². The highest BCUT2D eigenvalue weighted by atomic mass is 35.5. The van der Waals surface area contributed by atoms with E-state index in [-0.39, 0.29) is 19.1 Å². The van der Waals surface area contributed by atoms with Gasteiger partial charge in [0.05, 0.1) is 22.7 Å². The summed E-state index contributed by atoms with van der Waals surface area (Å²) in [6.45, 7) is 0.701. The quantitative estimate of drug-likeness (QED) is 0.904. The molecule has 1 aliphatic rings. The number of hydrogen-bond donors (Lipinski definition) is 1. The van der Waals surface area contributed by atoms with Gasteiger partial charge in [-0.3, -0.25) is 14.6 Å². The number of carboxylic acid groups (broad SMARTS) is 1. The molecule has 2 heterocycles. The molecule has 1 unspecified atom stereocenters. The number of ether oxygens (including phenoxy) is 1. The summed E-state index contributed by atoms with van der Waals surface area (Å²) < 4.78 is 5.12. The lowest BCUT2D eigenvalue weighted by molar-refractivity contribution is -0.155. The third kappa shape index (κ3) is 3.19. The van der Waals surface area contributed by atoms with Gasteiger partial charge in [0.15, 0.2) is 0 Å². The maximum atomic E-state index is 13.0. The van der Waals surface area contributed by atoms with Crippen molar-refractivity contribution in [3.8, 4) is 0 Å². The first-order valence-electron chi connectivity index (χ1n) is 8.03. The van der Waals surface area contributed by atoms with Gasteiger partial charge in [0.25, 0.3) is 5.91 Å². The number of fused-ring (bicyclic) bond motifs is 1. The van der Waals surface area contributed by atoms with Crippen LogP contribution in [-0.4, -0.2) is 53.7 Å². The third-order valence-electron chi connectivity index (χ3n) is 4.69. The molecule has 1 atom stereocenters. The van der Waals surface area contributed by atoms with Crippen molar-refractivity contribution in [2.75, 3.05) is 26.8 Å². The highest BCUT2D eigenvalue weighted by Crippen LogP contribution is 2.33. The van der Waals surface area contributed by atoms with Crippen molar-refractivity contribution in [1.29, 1.82) is 0 Å². The van der Waals surface area contributed by atoms with Crippen LogP contribution in [0.3, 0.4) is 0 Å². The Bertz CT molecular complexity index is 822. The third-order valence-corrected chi connectivity index (χ3v) is 5.01. The molecule has 0 radical (unpaired) electrons. The minimum atomic E-state index is -1.07. The standard InChI is InChI=1S/C18H19ClN2O4/c1-25-11-18(17(23)24)7-3-9-21(10-18)16(22)13-5-6-14(19)12-4-2-8-20-15(12)13/h2,4-6,8H,3,7,9-11H2,1H3,(H,23,24). The van der Waals surface area contributed by atoms with Crippen LogP contribution in [0.2, 0.25) is 5.02 Å². The van der Waals surface area contributed by atoms with E-state index < -0.39 is 11.4 Å². The molecule has 2 aromatic rings. The lowest BCUT2D eigenvalue weighted by Crippen LogP contribution is -2.52. The lowest BCUT2D eigenvalue weighted by Gasteiger charge is -2.39. The van der Waals surface area contributed by atoms with Crippen LogP contribution >= 0.6 is 11.6 Å². The van der Waals surface area contributed by atoms with E-state index in [0.717, 1.165) is 0 Å². The zero-order chi connectivity index (χ0) is 18.0. The van der Waals surface area contributed by atoms with E-state index in [9.17, 15) is 14.7 Å². The van der Waals surface area contributed by atoms with Crippen molar-refractivity contribution in [3.63, 3.8) is 0 Å². The molecule has 1 fully saturated rings. The summed E-state index contributed by atoms with van der Waals surface area (Å²) in [7, 11) is 1.47. The Kier molecular flexibility index (Phi) is 4.92. The van der Waals surface area contributed by atoms with E-state index in [1.165, 1.54) is 7.11 Å². The summed E-state index contributed by atoms with van der Waals surface area (Å²) in [5.74, 6) is -1.17. The Labute approximate surface area is 150 Å². The van der Waals surface area contributed by atoms with Crippen LogP contribution in [0.5, 0.6) is 0 Å². The summed E-state index contributed by atoms with van der Waals surface area (Å²) in [5, 5.41) is 10.9. The van der Waals surface area contributed by atoms with Crippen molar-refractivity contribution in [2.45, 2.75) is 12.8 Å². The Morgan fingerprint density at radius 3 is 2.92 bits per heavy atom. The number of likely N-dealkylation sites (tertiary alicyclic amines) is 1. The number of methoxy groups -OCH3 is 1. The molecule has 1 aliphatic heterocycles. The number of aromatic nitrogens is 1. The topological polar surface area (TPSA) is 79.7 Å². The first kappa shape index (κ1) is 17.6. The molecule has 1 aromatic carbocycles. The molecular weight excluding hydrogens is 344 g/mol. The molecule has 7 heteroatoms. The molecule has 6 nitrogen and oxygen atoms in total. The van der Waals surface area contributed by atoms with Gasteiger partial charge in [-0.05, 0) is 37.1 Å². The molecule has 25 heavy (non-hydrogen) atoms. The van der Waals surface area contributed by atoms with Gasteiger partial charge in [0.2, 0.25) is 0 Å². The molecule has 0 spiro atoms. The van der Waals surface area contributed by atoms with Crippen LogP contribution in [0, 0.1) is 5.41 Å². The highest BCUT2D eigenvalue weighted by molar-refractivity contribution is 6.36. The predicted octanol–water partition coefficient (Wildman–Crippen LogP) is 2.84. The number of carbonyl (C=O) groups excluding carboxylic acids is 1. The van der Waals surface area contributed by atoms with Crippen molar-refractivity contribution < 1.29 is 19.4 Å². The number of pyridine rings is 1. The number of carboxylic acids is 1. The van der Waals surface area contributed by atoms with Gasteiger partial charge in [0, 0.05) is 31.8 Å². The van der Waals surface area contributed by atoms with Crippen molar-refractivity contribution in [3.05, 3.63) is 41.0 Å². The van der Waals surface area contributed by atoms with E-state index >= 15 is 0 Å². The number of nitrogens with zero attached hydrogens (tertiary/aromatic N) is 2. The predicted molar refractivity (Wildman–Crippen MR) is 93.8 cm³/mol. The monoisotopic (exact) mass is 362 g/mol. The Hall–Kier alpha value is -2.18. The summed E-state index contributed by atoms with van der Waals surface area (Å²) in [5.41, 5.74) is -0.116. The average Bonchev–Trinajstić information content (AvgIpc) is 2.62. The van der Waals surface area contributed by atoms with E-state index in [4.69, 9.17) is 16.3 Å². The summed E-state index contributed by atoms with van der Waals surface area (Å²) in [6.07, 6.45) is 2.71. The van der Waals surface area contributed by atoms with E-state index in [2.05, 4.69) is 4.98 Å². The van der Waals surface area contributed by atoms with Crippen LogP contribution in [0.15, 0.2) is 30.5 Å². The van der Waals surface area contributed by atoms with Crippen LogP contribution in [0.25, 0.3) is 10.9 Å². The Morgan fingerprint density at radius 1 is 1.40 bits per heavy atom. The molecule has 0 bridgehead atoms. The number of aliphatic carboxylic acids is 1. The van der Waals surface area contributed by atoms with Gasteiger partial charge in [0.1, 0.15) is 5.41 Å². The SMILES string of the molecule is COCC1(C(=O)O)CCCN(C(=O)c2ccc(Cl)c3cccnc23)C1. The molecule has 132 valence electrons. The molecule has 1 saturated heterocycles. The normalized spacial score (nSPS) is 20.6. The van der Waals surface area contributed by atoms with Gasteiger partial charge in [-0.15, -0.1) is 0 Å². The van der Waals surface area contributed by atoms with E-state index in [1.54, 1.807) is 29.3 Å². The van der Waals surface area contributed by atoms with Crippen LogP contribution in [0.1, 0.15) is 23.2 Å². The Balaban J connectivity index is 1.96.